The zero-order valence-electron chi connectivity index (χ0n) is 25.4. The molecule has 0 spiro atoms. The van der Waals surface area contributed by atoms with E-state index in [0.29, 0.717) is 22.7 Å². The normalized spacial score (nSPS) is 13.2. The van der Waals surface area contributed by atoms with Gasteiger partial charge in [-0.3, -0.25) is 0 Å². The highest BCUT2D eigenvalue weighted by molar-refractivity contribution is 6.09. The smallest absolute Gasteiger partial charge is 0.180 e. The molecule has 0 saturated carbocycles. The van der Waals surface area contributed by atoms with Gasteiger partial charge in [-0.05, 0) is 74.5 Å². The molecule has 0 aliphatic heterocycles. The van der Waals surface area contributed by atoms with Gasteiger partial charge in [0.25, 0.3) is 0 Å². The van der Waals surface area contributed by atoms with Gasteiger partial charge in [-0.2, -0.15) is 5.26 Å². The van der Waals surface area contributed by atoms with Crippen LogP contribution in [0.5, 0.6) is 0 Å². The van der Waals surface area contributed by atoms with E-state index in [2.05, 4.69) is 98.8 Å². The Morgan fingerprint density at radius 3 is 2.07 bits per heavy atom. The molecule has 0 bridgehead atoms. The number of rotatable bonds is 3. The first-order chi connectivity index (χ1) is 22.5. The van der Waals surface area contributed by atoms with E-state index in [1.165, 1.54) is 33.4 Å². The average Bonchev–Trinajstić information content (AvgIpc) is 3.59. The summed E-state index contributed by atoms with van der Waals surface area (Å²) in [5.74, 6) is 0.631. The standard InChI is InChI=1S/C42H27N3O/c1-42(2)35-15-5-3-9-31(35)32-22-21-27(23-36(32)42)28-11-7-13-30-29(28)12-8-14-33(30)41-44-38(26-19-17-25(24-43)18-20-26)40-39(45-41)34-10-4-6-16-37(34)46-40/h3-23H,1-2H3. The molecular formula is C42H27N3O. The molecular weight excluding hydrogens is 562 g/mol. The second-order valence-corrected chi connectivity index (χ2v) is 12.5. The van der Waals surface area contributed by atoms with Crippen molar-refractivity contribution in [1.29, 1.82) is 5.26 Å². The lowest BCUT2D eigenvalue weighted by Gasteiger charge is -2.22. The minimum absolute atomic E-state index is 0.0733. The zero-order chi connectivity index (χ0) is 31.0. The highest BCUT2D eigenvalue weighted by Crippen LogP contribution is 2.50. The number of hydrogen-bond acceptors (Lipinski definition) is 4. The molecule has 0 saturated heterocycles. The topological polar surface area (TPSA) is 62.7 Å². The second kappa shape index (κ2) is 9.72. The van der Waals surface area contributed by atoms with Crippen LogP contribution in [-0.2, 0) is 5.41 Å². The van der Waals surface area contributed by atoms with Crippen molar-refractivity contribution in [3.63, 3.8) is 0 Å². The van der Waals surface area contributed by atoms with Crippen LogP contribution in [0.1, 0.15) is 30.5 Å². The summed E-state index contributed by atoms with van der Waals surface area (Å²) in [6.07, 6.45) is 0. The van der Waals surface area contributed by atoms with Gasteiger partial charge in [0.05, 0.1) is 11.6 Å². The molecule has 1 aliphatic rings. The molecule has 6 aromatic carbocycles. The summed E-state index contributed by atoms with van der Waals surface area (Å²) in [5.41, 5.74) is 13.0. The number of benzene rings is 6. The summed E-state index contributed by atoms with van der Waals surface area (Å²) in [6.45, 7) is 4.64. The van der Waals surface area contributed by atoms with Gasteiger partial charge in [0.1, 0.15) is 16.8 Å². The van der Waals surface area contributed by atoms with E-state index in [-0.39, 0.29) is 5.41 Å². The van der Waals surface area contributed by atoms with Crippen molar-refractivity contribution in [3.05, 3.63) is 144 Å². The summed E-state index contributed by atoms with van der Waals surface area (Å²) < 4.78 is 6.34. The molecule has 0 N–H and O–H groups in total. The Kier molecular flexibility index (Phi) is 5.57. The quantitative estimate of drug-likeness (QED) is 0.206. The predicted molar refractivity (Wildman–Crippen MR) is 185 cm³/mol. The maximum absolute atomic E-state index is 9.38. The van der Waals surface area contributed by atoms with Crippen LogP contribution in [0.25, 0.3) is 77.7 Å². The third-order valence-corrected chi connectivity index (χ3v) is 9.56. The Balaban J connectivity index is 1.25. The van der Waals surface area contributed by atoms with Crippen LogP contribution in [0.3, 0.4) is 0 Å². The van der Waals surface area contributed by atoms with Crippen molar-refractivity contribution >= 4 is 32.8 Å². The molecule has 2 aromatic heterocycles. The molecule has 0 amide bonds. The fourth-order valence-corrected chi connectivity index (χ4v) is 7.24. The van der Waals surface area contributed by atoms with Gasteiger partial charge in [-0.1, -0.05) is 111 Å². The minimum Gasteiger partial charge on any atom is -0.452 e. The summed E-state index contributed by atoms with van der Waals surface area (Å²) in [5, 5.41) is 12.6. The van der Waals surface area contributed by atoms with Crippen molar-refractivity contribution in [1.82, 2.24) is 9.97 Å². The largest absolute Gasteiger partial charge is 0.452 e. The van der Waals surface area contributed by atoms with Crippen LogP contribution in [0.2, 0.25) is 0 Å². The van der Waals surface area contributed by atoms with Gasteiger partial charge >= 0.3 is 0 Å². The van der Waals surface area contributed by atoms with Crippen LogP contribution in [-0.4, -0.2) is 9.97 Å². The minimum atomic E-state index is -0.0733. The van der Waals surface area contributed by atoms with Crippen molar-refractivity contribution < 1.29 is 4.42 Å². The molecule has 4 heteroatoms. The summed E-state index contributed by atoms with van der Waals surface area (Å²) >= 11 is 0. The number of aromatic nitrogens is 2. The maximum Gasteiger partial charge on any atom is 0.180 e. The van der Waals surface area contributed by atoms with E-state index in [4.69, 9.17) is 14.4 Å². The Hall–Kier alpha value is -6.05. The molecule has 8 aromatic rings. The van der Waals surface area contributed by atoms with Crippen molar-refractivity contribution in [2.45, 2.75) is 19.3 Å². The number of hydrogen-bond donors (Lipinski definition) is 0. The number of nitriles is 1. The van der Waals surface area contributed by atoms with E-state index in [9.17, 15) is 5.26 Å². The number of fused-ring (bicyclic) bond motifs is 7. The first-order valence-corrected chi connectivity index (χ1v) is 15.5. The van der Waals surface area contributed by atoms with Crippen LogP contribution in [0.4, 0.5) is 0 Å². The van der Waals surface area contributed by atoms with E-state index < -0.39 is 0 Å². The molecule has 9 rings (SSSR count). The summed E-state index contributed by atoms with van der Waals surface area (Å²) in [4.78, 5) is 10.3. The van der Waals surface area contributed by atoms with Crippen molar-refractivity contribution in [2.75, 3.05) is 0 Å². The second-order valence-electron chi connectivity index (χ2n) is 12.5. The van der Waals surface area contributed by atoms with Gasteiger partial charge in [-0.15, -0.1) is 0 Å². The van der Waals surface area contributed by atoms with Gasteiger partial charge < -0.3 is 4.42 Å². The highest BCUT2D eigenvalue weighted by Gasteiger charge is 2.35. The summed E-state index contributed by atoms with van der Waals surface area (Å²) in [7, 11) is 0. The third-order valence-electron chi connectivity index (χ3n) is 9.56. The van der Waals surface area contributed by atoms with E-state index >= 15 is 0 Å². The molecule has 0 atom stereocenters. The lowest BCUT2D eigenvalue weighted by molar-refractivity contribution is 0.660. The molecule has 4 nitrogen and oxygen atoms in total. The van der Waals surface area contributed by atoms with E-state index in [1.807, 2.05) is 48.5 Å². The summed E-state index contributed by atoms with van der Waals surface area (Å²) in [6, 6.07) is 46.2. The predicted octanol–water partition coefficient (Wildman–Crippen LogP) is 10.7. The number of para-hydroxylation sites is 1. The fourth-order valence-electron chi connectivity index (χ4n) is 7.24. The van der Waals surface area contributed by atoms with Crippen LogP contribution >= 0.6 is 0 Å². The third kappa shape index (κ3) is 3.79. The Morgan fingerprint density at radius 1 is 0.587 bits per heavy atom. The maximum atomic E-state index is 9.38. The molecule has 0 unspecified atom stereocenters. The lowest BCUT2D eigenvalue weighted by atomic mass is 9.81. The van der Waals surface area contributed by atoms with Gasteiger partial charge in [0.15, 0.2) is 11.4 Å². The van der Waals surface area contributed by atoms with Crippen LogP contribution < -0.4 is 0 Å². The molecule has 0 fully saturated rings. The molecule has 0 radical (unpaired) electrons. The molecule has 2 heterocycles. The Bertz CT molecular complexity index is 2570. The van der Waals surface area contributed by atoms with E-state index in [1.54, 1.807) is 0 Å². The van der Waals surface area contributed by atoms with Crippen molar-refractivity contribution in [2.24, 2.45) is 0 Å². The zero-order valence-corrected chi connectivity index (χ0v) is 25.4. The first kappa shape index (κ1) is 26.4. The molecule has 46 heavy (non-hydrogen) atoms. The van der Waals surface area contributed by atoms with Gasteiger partial charge in [-0.25, -0.2) is 9.97 Å². The monoisotopic (exact) mass is 589 g/mol. The Labute approximate surface area is 266 Å². The van der Waals surface area contributed by atoms with E-state index in [0.717, 1.165) is 38.4 Å². The molecule has 216 valence electrons. The van der Waals surface area contributed by atoms with Crippen LogP contribution in [0, 0.1) is 11.3 Å². The number of furan rings is 1. The van der Waals surface area contributed by atoms with Crippen molar-refractivity contribution in [3.8, 4) is 51.0 Å². The lowest BCUT2D eigenvalue weighted by Crippen LogP contribution is -2.14. The number of nitrogens with zero attached hydrogens (tertiary/aromatic N) is 3. The highest BCUT2D eigenvalue weighted by atomic mass is 16.3. The van der Waals surface area contributed by atoms with Gasteiger partial charge in [0.2, 0.25) is 0 Å². The first-order valence-electron chi connectivity index (χ1n) is 15.5. The van der Waals surface area contributed by atoms with Crippen LogP contribution in [0.15, 0.2) is 132 Å². The Morgan fingerprint density at radius 2 is 1.24 bits per heavy atom. The van der Waals surface area contributed by atoms with Gasteiger partial charge in [0, 0.05) is 21.9 Å². The fraction of sp³-hybridized carbons (Fsp3) is 0.0714. The average molecular weight is 590 g/mol. The molecule has 1 aliphatic carbocycles. The SMILES string of the molecule is CC1(C)c2ccccc2-c2ccc(-c3cccc4c(-c5nc(-c6ccc(C#N)cc6)c6oc7ccccc7c6n5)cccc34)cc21.